The number of hydrogen-bond acceptors (Lipinski definition) is 6. The molecule has 69 heavy (non-hydrogen) atoms. The van der Waals surface area contributed by atoms with Crippen molar-refractivity contribution >= 4 is 17.9 Å². The van der Waals surface area contributed by atoms with Crippen molar-refractivity contribution in [1.29, 1.82) is 0 Å². The van der Waals surface area contributed by atoms with Crippen LogP contribution in [0.15, 0.2) is 0 Å². The molecule has 0 heterocycles. The molecule has 6 nitrogen and oxygen atoms in total. The fourth-order valence-corrected chi connectivity index (χ4v) is 9.76. The molecule has 0 aliphatic rings. The SMILES string of the molecule is CCCCCCCCCCCCCC(=O)OC[C@@H](COC(=O)CCCCCCCCCCCCCCCCCCC(C)C)OC(=O)CCCCCCCCCCCCCCCCCCCCC(C)C. The minimum atomic E-state index is -0.763. The topological polar surface area (TPSA) is 78.9 Å². The first-order valence-corrected chi connectivity index (χ1v) is 31.2. The Morgan fingerprint density at radius 2 is 0.478 bits per heavy atom. The second kappa shape index (κ2) is 55.7. The molecule has 0 unspecified atom stereocenters. The van der Waals surface area contributed by atoms with E-state index in [9.17, 15) is 14.4 Å². The molecule has 0 saturated carbocycles. The number of carbonyl (C=O) groups is 3. The summed E-state index contributed by atoms with van der Waals surface area (Å²) in [4.78, 5) is 38.2. The molecule has 0 aliphatic heterocycles. The molecule has 0 aliphatic carbocycles. The van der Waals surface area contributed by atoms with Gasteiger partial charge in [-0.05, 0) is 31.1 Å². The second-order valence-corrected chi connectivity index (χ2v) is 22.6. The van der Waals surface area contributed by atoms with E-state index in [0.29, 0.717) is 19.3 Å². The average Bonchev–Trinajstić information content (AvgIpc) is 3.32. The molecule has 0 amide bonds. The maximum absolute atomic E-state index is 12.9. The van der Waals surface area contributed by atoms with Crippen molar-refractivity contribution in [3.05, 3.63) is 0 Å². The lowest BCUT2D eigenvalue weighted by Crippen LogP contribution is -2.30. The minimum absolute atomic E-state index is 0.0620. The summed E-state index contributed by atoms with van der Waals surface area (Å²) in [6, 6.07) is 0. The zero-order chi connectivity index (χ0) is 50.4. The molecular weight excluding hydrogens is 853 g/mol. The summed E-state index contributed by atoms with van der Waals surface area (Å²) in [6.07, 6.45) is 61.0. The molecule has 0 fully saturated rings. The first kappa shape index (κ1) is 67.4. The van der Waals surface area contributed by atoms with Crippen LogP contribution >= 0.6 is 0 Å². The summed E-state index contributed by atoms with van der Waals surface area (Å²) in [5.41, 5.74) is 0. The molecule has 0 bridgehead atoms. The van der Waals surface area contributed by atoms with Crippen LogP contribution in [0.1, 0.15) is 356 Å². The van der Waals surface area contributed by atoms with Gasteiger partial charge in [0.15, 0.2) is 6.10 Å². The summed E-state index contributed by atoms with van der Waals surface area (Å²) >= 11 is 0. The highest BCUT2D eigenvalue weighted by Gasteiger charge is 2.19. The minimum Gasteiger partial charge on any atom is -0.462 e. The predicted molar refractivity (Wildman–Crippen MR) is 298 cm³/mol. The number of ether oxygens (including phenoxy) is 3. The van der Waals surface area contributed by atoms with E-state index in [1.807, 2.05) is 0 Å². The lowest BCUT2D eigenvalue weighted by molar-refractivity contribution is -0.167. The summed E-state index contributed by atoms with van der Waals surface area (Å²) in [6.45, 7) is 11.5. The zero-order valence-corrected chi connectivity index (χ0v) is 47.5. The number of unbranched alkanes of at least 4 members (excludes halogenated alkanes) is 42. The Morgan fingerprint density at radius 1 is 0.275 bits per heavy atom. The van der Waals surface area contributed by atoms with Gasteiger partial charge < -0.3 is 14.2 Å². The quantitative estimate of drug-likeness (QED) is 0.0343. The highest BCUT2D eigenvalue weighted by atomic mass is 16.6. The van der Waals surface area contributed by atoms with E-state index in [-0.39, 0.29) is 31.1 Å². The van der Waals surface area contributed by atoms with Crippen LogP contribution in [0.25, 0.3) is 0 Å². The maximum Gasteiger partial charge on any atom is 0.306 e. The van der Waals surface area contributed by atoms with Gasteiger partial charge in [0.2, 0.25) is 0 Å². The van der Waals surface area contributed by atoms with E-state index in [1.165, 1.54) is 244 Å². The van der Waals surface area contributed by atoms with Crippen molar-refractivity contribution in [2.24, 2.45) is 11.8 Å². The van der Waals surface area contributed by atoms with Crippen molar-refractivity contribution in [3.8, 4) is 0 Å². The molecule has 0 aromatic carbocycles. The van der Waals surface area contributed by atoms with Crippen LogP contribution in [-0.2, 0) is 28.6 Å². The highest BCUT2D eigenvalue weighted by Crippen LogP contribution is 2.19. The Labute approximate surface area is 431 Å². The van der Waals surface area contributed by atoms with E-state index < -0.39 is 6.10 Å². The van der Waals surface area contributed by atoms with Crippen molar-refractivity contribution in [3.63, 3.8) is 0 Å². The summed E-state index contributed by atoms with van der Waals surface area (Å²) in [5, 5.41) is 0. The van der Waals surface area contributed by atoms with Gasteiger partial charge >= 0.3 is 17.9 Å². The lowest BCUT2D eigenvalue weighted by atomic mass is 10.0. The van der Waals surface area contributed by atoms with E-state index in [1.54, 1.807) is 0 Å². The Hall–Kier alpha value is -1.59. The molecule has 410 valence electrons. The standard InChI is InChI=1S/C63H122O6/c1-6-7-8-9-10-11-26-33-38-43-48-53-61(64)67-56-60(57-68-62(65)54-49-44-39-34-29-24-20-17-16-19-23-28-32-37-42-47-52-59(4)5)69-63(66)55-50-45-40-35-30-25-21-15-13-12-14-18-22-27-31-36-41-46-51-58(2)3/h58-60H,6-57H2,1-5H3/t60-/m0/s1. The van der Waals surface area contributed by atoms with Gasteiger partial charge in [0.05, 0.1) is 0 Å². The van der Waals surface area contributed by atoms with Crippen LogP contribution in [-0.4, -0.2) is 37.2 Å². The van der Waals surface area contributed by atoms with Gasteiger partial charge in [-0.3, -0.25) is 14.4 Å². The van der Waals surface area contributed by atoms with Gasteiger partial charge in [0.1, 0.15) is 13.2 Å². The Balaban J connectivity index is 4.22. The van der Waals surface area contributed by atoms with E-state index in [4.69, 9.17) is 14.2 Å². The van der Waals surface area contributed by atoms with Gasteiger partial charge in [-0.25, -0.2) is 0 Å². The molecule has 0 N–H and O–H groups in total. The van der Waals surface area contributed by atoms with Crippen LogP contribution in [0.3, 0.4) is 0 Å². The van der Waals surface area contributed by atoms with Crippen molar-refractivity contribution < 1.29 is 28.6 Å². The van der Waals surface area contributed by atoms with Gasteiger partial charge in [-0.15, -0.1) is 0 Å². The largest absolute Gasteiger partial charge is 0.462 e. The van der Waals surface area contributed by atoms with Crippen molar-refractivity contribution in [2.45, 2.75) is 362 Å². The zero-order valence-electron chi connectivity index (χ0n) is 47.5. The molecule has 6 heteroatoms. The van der Waals surface area contributed by atoms with Crippen LogP contribution in [0.5, 0.6) is 0 Å². The fourth-order valence-electron chi connectivity index (χ4n) is 9.76. The van der Waals surface area contributed by atoms with Crippen molar-refractivity contribution in [1.82, 2.24) is 0 Å². The monoisotopic (exact) mass is 975 g/mol. The Kier molecular flexibility index (Phi) is 54.4. The van der Waals surface area contributed by atoms with Gasteiger partial charge in [0, 0.05) is 19.3 Å². The van der Waals surface area contributed by atoms with Crippen LogP contribution in [0.2, 0.25) is 0 Å². The number of carbonyl (C=O) groups excluding carboxylic acids is 3. The van der Waals surface area contributed by atoms with Crippen LogP contribution < -0.4 is 0 Å². The molecule has 0 radical (unpaired) electrons. The highest BCUT2D eigenvalue weighted by molar-refractivity contribution is 5.71. The normalized spacial score (nSPS) is 12.0. The average molecular weight is 976 g/mol. The number of esters is 3. The molecule has 0 aromatic heterocycles. The summed E-state index contributed by atoms with van der Waals surface area (Å²) in [5.74, 6) is 0.877. The molecular formula is C63H122O6. The maximum atomic E-state index is 12.9. The summed E-state index contributed by atoms with van der Waals surface area (Å²) < 4.78 is 16.9. The molecule has 0 rings (SSSR count). The molecule has 0 saturated heterocycles. The third kappa shape index (κ3) is 57.2. The number of rotatable bonds is 57. The fraction of sp³-hybridized carbons (Fsp3) is 0.952. The number of hydrogen-bond donors (Lipinski definition) is 0. The second-order valence-electron chi connectivity index (χ2n) is 22.6. The van der Waals surface area contributed by atoms with Crippen LogP contribution in [0, 0.1) is 11.8 Å². The van der Waals surface area contributed by atoms with E-state index >= 15 is 0 Å². The molecule has 1 atom stereocenters. The third-order valence-corrected chi connectivity index (χ3v) is 14.5. The first-order valence-electron chi connectivity index (χ1n) is 31.2. The Bertz CT molecular complexity index is 1060. The first-order chi connectivity index (χ1) is 33.7. The smallest absolute Gasteiger partial charge is 0.306 e. The van der Waals surface area contributed by atoms with Crippen LogP contribution in [0.4, 0.5) is 0 Å². The molecule has 0 spiro atoms. The van der Waals surface area contributed by atoms with Gasteiger partial charge in [-0.2, -0.15) is 0 Å². The van der Waals surface area contributed by atoms with Gasteiger partial charge in [0.25, 0.3) is 0 Å². The van der Waals surface area contributed by atoms with Crippen molar-refractivity contribution in [2.75, 3.05) is 13.2 Å². The predicted octanol–water partition coefficient (Wildman–Crippen LogP) is 20.8. The lowest BCUT2D eigenvalue weighted by Gasteiger charge is -2.18. The van der Waals surface area contributed by atoms with Gasteiger partial charge in [-0.1, -0.05) is 317 Å². The van der Waals surface area contributed by atoms with E-state index in [2.05, 4.69) is 34.6 Å². The third-order valence-electron chi connectivity index (χ3n) is 14.5. The van der Waals surface area contributed by atoms with E-state index in [0.717, 1.165) is 69.6 Å². The Morgan fingerprint density at radius 3 is 0.710 bits per heavy atom. The molecule has 0 aromatic rings. The summed E-state index contributed by atoms with van der Waals surface area (Å²) in [7, 11) is 0.